The third kappa shape index (κ3) is 3.05. The van der Waals surface area contributed by atoms with Crippen LogP contribution in [0, 0.1) is 0 Å². The van der Waals surface area contributed by atoms with Crippen LogP contribution in [0.4, 0.5) is 5.69 Å². The molecule has 0 unspecified atom stereocenters. The van der Waals surface area contributed by atoms with Gasteiger partial charge in [-0.3, -0.25) is 14.9 Å². The number of carbonyl (C=O) groups excluding carboxylic acids is 1. The average Bonchev–Trinajstić information content (AvgIpc) is 3.09. The van der Waals surface area contributed by atoms with Crippen molar-refractivity contribution < 1.29 is 14.3 Å². The minimum Gasteiger partial charge on any atom is -0.497 e. The van der Waals surface area contributed by atoms with Crippen LogP contribution < -0.4 is 14.8 Å². The van der Waals surface area contributed by atoms with Crippen LogP contribution in [0.1, 0.15) is 10.4 Å². The molecule has 122 valence electrons. The van der Waals surface area contributed by atoms with Gasteiger partial charge in [-0.15, -0.1) is 0 Å². The fourth-order valence-electron chi connectivity index (χ4n) is 2.27. The summed E-state index contributed by atoms with van der Waals surface area (Å²) in [6.07, 6.45) is 3.21. The fourth-order valence-corrected chi connectivity index (χ4v) is 2.27. The smallest absolute Gasteiger partial charge is 0.259 e. The van der Waals surface area contributed by atoms with Gasteiger partial charge in [0, 0.05) is 6.20 Å². The van der Waals surface area contributed by atoms with E-state index in [9.17, 15) is 4.79 Å². The molecule has 2 aromatic heterocycles. The lowest BCUT2D eigenvalue weighted by atomic mass is 10.1. The number of carbonyl (C=O) groups is 1. The highest BCUT2D eigenvalue weighted by atomic mass is 16.5. The Labute approximate surface area is 138 Å². The Kier molecular flexibility index (Phi) is 4.42. The summed E-state index contributed by atoms with van der Waals surface area (Å²) in [5.41, 5.74) is 2.21. The van der Waals surface area contributed by atoms with Crippen molar-refractivity contribution in [3.05, 3.63) is 54.4 Å². The zero-order valence-electron chi connectivity index (χ0n) is 13.2. The molecule has 0 spiro atoms. The van der Waals surface area contributed by atoms with Gasteiger partial charge in [-0.1, -0.05) is 6.07 Å². The van der Waals surface area contributed by atoms with E-state index < -0.39 is 0 Å². The number of nitrogens with one attached hydrogen (secondary N) is 2. The summed E-state index contributed by atoms with van der Waals surface area (Å²) in [7, 11) is 3.05. The van der Waals surface area contributed by atoms with Gasteiger partial charge in [0.2, 0.25) is 0 Å². The number of hydrogen-bond donors (Lipinski definition) is 2. The van der Waals surface area contributed by atoms with Crippen molar-refractivity contribution >= 4 is 11.6 Å². The predicted octanol–water partition coefficient (Wildman–Crippen LogP) is 2.74. The summed E-state index contributed by atoms with van der Waals surface area (Å²) in [5.74, 6) is 0.693. The second kappa shape index (κ2) is 6.82. The molecule has 0 bridgehead atoms. The van der Waals surface area contributed by atoms with Crippen LogP contribution in [0.3, 0.4) is 0 Å². The first-order valence-corrected chi connectivity index (χ1v) is 7.21. The van der Waals surface area contributed by atoms with Gasteiger partial charge in [-0.2, -0.15) is 5.10 Å². The van der Waals surface area contributed by atoms with Crippen molar-refractivity contribution in [2.24, 2.45) is 0 Å². The van der Waals surface area contributed by atoms with Crippen molar-refractivity contribution in [3.63, 3.8) is 0 Å². The van der Waals surface area contributed by atoms with Gasteiger partial charge < -0.3 is 14.8 Å². The highest BCUT2D eigenvalue weighted by molar-refractivity contribution is 6.07. The number of benzene rings is 1. The number of methoxy groups -OCH3 is 2. The zero-order chi connectivity index (χ0) is 16.9. The van der Waals surface area contributed by atoms with E-state index in [1.165, 1.54) is 13.3 Å². The molecule has 1 amide bonds. The molecule has 3 rings (SSSR count). The van der Waals surface area contributed by atoms with E-state index in [2.05, 4.69) is 20.5 Å². The number of pyridine rings is 1. The Morgan fingerprint density at radius 2 is 2.04 bits per heavy atom. The average molecular weight is 324 g/mol. The highest BCUT2D eigenvalue weighted by Crippen LogP contribution is 2.27. The van der Waals surface area contributed by atoms with Crippen LogP contribution in [0.2, 0.25) is 0 Å². The quantitative estimate of drug-likeness (QED) is 0.753. The molecular formula is C17H16N4O3. The third-order valence-electron chi connectivity index (χ3n) is 3.46. The van der Waals surface area contributed by atoms with Gasteiger partial charge in [0.25, 0.3) is 5.91 Å². The molecule has 0 aliphatic rings. The van der Waals surface area contributed by atoms with E-state index in [-0.39, 0.29) is 5.91 Å². The minimum atomic E-state index is -0.329. The lowest BCUT2D eigenvalue weighted by Gasteiger charge is -2.11. The second-order valence-corrected chi connectivity index (χ2v) is 4.89. The summed E-state index contributed by atoms with van der Waals surface area (Å²) in [5, 5.41) is 9.66. The van der Waals surface area contributed by atoms with E-state index in [0.717, 1.165) is 0 Å². The maximum atomic E-state index is 12.6. The van der Waals surface area contributed by atoms with Gasteiger partial charge in [0.15, 0.2) is 0 Å². The number of hydrogen-bond acceptors (Lipinski definition) is 5. The van der Waals surface area contributed by atoms with Crippen molar-refractivity contribution in [1.82, 2.24) is 15.2 Å². The lowest BCUT2D eigenvalue weighted by Crippen LogP contribution is -2.13. The fraction of sp³-hybridized carbons (Fsp3) is 0.118. The maximum absolute atomic E-state index is 12.6. The molecule has 2 N–H and O–H groups in total. The zero-order valence-corrected chi connectivity index (χ0v) is 13.2. The number of nitrogens with zero attached hydrogens (tertiary/aromatic N) is 2. The van der Waals surface area contributed by atoms with E-state index in [4.69, 9.17) is 9.47 Å². The van der Waals surface area contributed by atoms with Gasteiger partial charge >= 0.3 is 0 Å². The maximum Gasteiger partial charge on any atom is 0.259 e. The molecule has 0 aliphatic carbocycles. The molecule has 7 heteroatoms. The molecule has 0 radical (unpaired) electrons. The summed E-state index contributed by atoms with van der Waals surface area (Å²) in [6.45, 7) is 0. The number of aromatic nitrogens is 3. The summed E-state index contributed by atoms with van der Waals surface area (Å²) < 4.78 is 10.4. The second-order valence-electron chi connectivity index (χ2n) is 4.89. The molecule has 24 heavy (non-hydrogen) atoms. The monoisotopic (exact) mass is 324 g/mol. The Hall–Kier alpha value is -3.35. The molecule has 0 atom stereocenters. The highest BCUT2D eigenvalue weighted by Gasteiger charge is 2.17. The summed E-state index contributed by atoms with van der Waals surface area (Å²) in [4.78, 5) is 16.9. The van der Waals surface area contributed by atoms with Crippen LogP contribution in [0.25, 0.3) is 11.4 Å². The largest absolute Gasteiger partial charge is 0.497 e. The van der Waals surface area contributed by atoms with E-state index in [1.54, 1.807) is 31.5 Å². The Balaban J connectivity index is 1.90. The van der Waals surface area contributed by atoms with Gasteiger partial charge in [0.05, 0.1) is 37.4 Å². The molecular weight excluding hydrogens is 308 g/mol. The number of amides is 1. The molecule has 0 saturated heterocycles. The molecule has 2 heterocycles. The van der Waals surface area contributed by atoms with Crippen molar-refractivity contribution in [3.8, 4) is 22.9 Å². The topological polar surface area (TPSA) is 89.1 Å². The number of ether oxygens (including phenoxy) is 2. The molecule has 3 aromatic rings. The minimum absolute atomic E-state index is 0.329. The number of H-pyrrole nitrogens is 1. The molecule has 0 fully saturated rings. The third-order valence-corrected chi connectivity index (χ3v) is 3.46. The molecule has 0 aliphatic heterocycles. The molecule has 1 aromatic carbocycles. The standard InChI is InChI=1S/C17H16N4O3/c1-23-11-6-7-15(24-2)12(9-11)17(22)20-14-10-19-21-16(14)13-5-3-4-8-18-13/h3-10H,1-2H3,(H,19,21)(H,20,22). The van der Waals surface area contributed by atoms with Crippen molar-refractivity contribution in [2.75, 3.05) is 19.5 Å². The van der Waals surface area contributed by atoms with Gasteiger partial charge in [0.1, 0.15) is 17.2 Å². The van der Waals surface area contributed by atoms with E-state index in [1.807, 2.05) is 18.2 Å². The molecule has 0 saturated carbocycles. The van der Waals surface area contributed by atoms with Crippen LogP contribution in [0.5, 0.6) is 11.5 Å². The number of aromatic amines is 1. The normalized spacial score (nSPS) is 10.2. The first kappa shape index (κ1) is 15.5. The van der Waals surface area contributed by atoms with Gasteiger partial charge in [-0.05, 0) is 30.3 Å². The van der Waals surface area contributed by atoms with E-state index >= 15 is 0 Å². The lowest BCUT2D eigenvalue weighted by molar-refractivity contribution is 0.102. The van der Waals surface area contributed by atoms with Gasteiger partial charge in [-0.25, -0.2) is 0 Å². The van der Waals surface area contributed by atoms with Crippen LogP contribution in [-0.4, -0.2) is 35.3 Å². The Morgan fingerprint density at radius 1 is 1.17 bits per heavy atom. The first-order chi connectivity index (χ1) is 11.7. The van der Waals surface area contributed by atoms with Crippen LogP contribution in [0.15, 0.2) is 48.8 Å². The SMILES string of the molecule is COc1ccc(OC)c(C(=O)Nc2cn[nH]c2-c2ccccn2)c1. The van der Waals surface area contributed by atoms with Crippen LogP contribution in [-0.2, 0) is 0 Å². The predicted molar refractivity (Wildman–Crippen MR) is 89.3 cm³/mol. The number of anilines is 1. The molecule has 7 nitrogen and oxygen atoms in total. The van der Waals surface area contributed by atoms with Crippen molar-refractivity contribution in [2.45, 2.75) is 0 Å². The first-order valence-electron chi connectivity index (χ1n) is 7.21. The summed E-state index contributed by atoms with van der Waals surface area (Å²) in [6, 6.07) is 10.5. The van der Waals surface area contributed by atoms with Crippen molar-refractivity contribution in [1.29, 1.82) is 0 Å². The Morgan fingerprint density at radius 3 is 2.75 bits per heavy atom. The summed E-state index contributed by atoms with van der Waals surface area (Å²) >= 11 is 0. The van der Waals surface area contributed by atoms with Crippen LogP contribution >= 0.6 is 0 Å². The van der Waals surface area contributed by atoms with E-state index in [0.29, 0.717) is 34.1 Å². The number of rotatable bonds is 5. The Bertz CT molecular complexity index is 846.